The molecule has 6 heteroatoms. The van der Waals surface area contributed by atoms with Gasteiger partial charge in [-0.15, -0.1) is 0 Å². The van der Waals surface area contributed by atoms with Gasteiger partial charge in [0, 0.05) is 18.8 Å². The number of hydrogen-bond donors (Lipinski definition) is 1. The highest BCUT2D eigenvalue weighted by atomic mass is 35.5. The number of nitrogens with zero attached hydrogens (tertiary/aromatic N) is 1. The van der Waals surface area contributed by atoms with E-state index in [-0.39, 0.29) is 9.92 Å². The zero-order chi connectivity index (χ0) is 14.2. The fourth-order valence-corrected chi connectivity index (χ4v) is 4.48. The molecule has 2 rings (SSSR count). The third kappa shape index (κ3) is 2.73. The molecule has 1 aliphatic rings. The normalized spacial score (nSPS) is 20.9. The van der Waals surface area contributed by atoms with Gasteiger partial charge >= 0.3 is 0 Å². The second-order valence-corrected chi connectivity index (χ2v) is 7.38. The Morgan fingerprint density at radius 3 is 2.74 bits per heavy atom. The van der Waals surface area contributed by atoms with Gasteiger partial charge in [0.15, 0.2) is 0 Å². The van der Waals surface area contributed by atoms with Crippen LogP contribution in [0.5, 0.6) is 0 Å². The minimum absolute atomic E-state index is 0.119. The van der Waals surface area contributed by atoms with Gasteiger partial charge in [-0.05, 0) is 37.0 Å². The lowest BCUT2D eigenvalue weighted by Gasteiger charge is -2.18. The second kappa shape index (κ2) is 5.31. The van der Waals surface area contributed by atoms with Gasteiger partial charge in [-0.3, -0.25) is 0 Å². The van der Waals surface area contributed by atoms with Gasteiger partial charge in [0.05, 0.1) is 5.02 Å². The molecular formula is C13H19ClN2O2S. The number of anilines is 1. The summed E-state index contributed by atoms with van der Waals surface area (Å²) >= 11 is 6.07. The molecule has 4 nitrogen and oxygen atoms in total. The Hall–Kier alpha value is -0.780. The van der Waals surface area contributed by atoms with Crippen LogP contribution in [0.1, 0.15) is 25.3 Å². The average molecular weight is 303 g/mol. The Kier molecular flexibility index (Phi) is 4.08. The molecule has 2 N–H and O–H groups in total. The highest BCUT2D eigenvalue weighted by Gasteiger charge is 2.33. The summed E-state index contributed by atoms with van der Waals surface area (Å²) in [6, 6.07) is 3.07. The van der Waals surface area contributed by atoms with Crippen molar-refractivity contribution in [1.82, 2.24) is 4.31 Å². The van der Waals surface area contributed by atoms with Crippen molar-refractivity contribution < 1.29 is 8.42 Å². The van der Waals surface area contributed by atoms with E-state index in [4.69, 9.17) is 17.3 Å². The van der Waals surface area contributed by atoms with Crippen LogP contribution in [0.4, 0.5) is 5.69 Å². The lowest BCUT2D eigenvalue weighted by Crippen LogP contribution is -2.29. The van der Waals surface area contributed by atoms with Gasteiger partial charge in [0.2, 0.25) is 10.0 Å². The van der Waals surface area contributed by atoms with Crippen LogP contribution >= 0.6 is 11.6 Å². The Morgan fingerprint density at radius 2 is 2.16 bits per heavy atom. The molecule has 1 aromatic rings. The molecule has 106 valence electrons. The van der Waals surface area contributed by atoms with Crippen molar-refractivity contribution in [2.45, 2.75) is 31.6 Å². The fraction of sp³-hybridized carbons (Fsp3) is 0.538. The molecule has 0 spiro atoms. The number of benzene rings is 1. The van der Waals surface area contributed by atoms with Gasteiger partial charge in [-0.1, -0.05) is 24.9 Å². The van der Waals surface area contributed by atoms with Crippen molar-refractivity contribution in [2.24, 2.45) is 5.92 Å². The molecule has 0 aromatic heterocycles. The minimum atomic E-state index is -3.53. The van der Waals surface area contributed by atoms with Crippen LogP contribution in [0, 0.1) is 12.8 Å². The second-order valence-electron chi connectivity index (χ2n) is 5.07. The van der Waals surface area contributed by atoms with Gasteiger partial charge in [0.1, 0.15) is 4.90 Å². The van der Waals surface area contributed by atoms with Crippen LogP contribution in [0.3, 0.4) is 0 Å². The van der Waals surface area contributed by atoms with Gasteiger partial charge in [0.25, 0.3) is 0 Å². The molecule has 1 unspecified atom stereocenters. The number of nitrogen functional groups attached to an aromatic ring is 1. The maximum atomic E-state index is 12.6. The van der Waals surface area contributed by atoms with Crippen LogP contribution in [-0.2, 0) is 10.0 Å². The Labute approximate surface area is 119 Å². The van der Waals surface area contributed by atoms with Crippen LogP contribution < -0.4 is 5.73 Å². The largest absolute Gasteiger partial charge is 0.398 e. The molecule has 1 aromatic carbocycles. The summed E-state index contributed by atoms with van der Waals surface area (Å²) in [4.78, 5) is 0.119. The lowest BCUT2D eigenvalue weighted by molar-refractivity contribution is 0.453. The molecular weight excluding hydrogens is 284 g/mol. The molecule has 1 saturated heterocycles. The first-order valence-electron chi connectivity index (χ1n) is 6.42. The zero-order valence-electron chi connectivity index (χ0n) is 11.2. The van der Waals surface area contributed by atoms with Crippen molar-refractivity contribution in [3.63, 3.8) is 0 Å². The van der Waals surface area contributed by atoms with E-state index < -0.39 is 10.0 Å². The Bertz CT molecular complexity index is 587. The standard InChI is InChI=1S/C13H19ClN2O2S/c1-3-10-4-5-16(8-10)19(17,18)13-7-12(15)9(2)6-11(13)14/h6-7,10H,3-5,8,15H2,1-2H3. The first-order valence-corrected chi connectivity index (χ1v) is 8.23. The number of rotatable bonds is 3. The van der Waals surface area contributed by atoms with E-state index in [9.17, 15) is 8.42 Å². The monoisotopic (exact) mass is 302 g/mol. The molecule has 1 fully saturated rings. The molecule has 19 heavy (non-hydrogen) atoms. The minimum Gasteiger partial charge on any atom is -0.398 e. The first-order chi connectivity index (χ1) is 8.86. The summed E-state index contributed by atoms with van der Waals surface area (Å²) in [5, 5.41) is 0.242. The Morgan fingerprint density at radius 1 is 1.47 bits per heavy atom. The Balaban J connectivity index is 2.38. The maximum absolute atomic E-state index is 12.6. The third-order valence-electron chi connectivity index (χ3n) is 3.76. The molecule has 0 saturated carbocycles. The molecule has 1 heterocycles. The van der Waals surface area contributed by atoms with Crippen LogP contribution in [0.25, 0.3) is 0 Å². The van der Waals surface area contributed by atoms with E-state index in [2.05, 4.69) is 6.92 Å². The molecule has 0 radical (unpaired) electrons. The summed E-state index contributed by atoms with van der Waals surface area (Å²) in [6.45, 7) is 5.02. The summed E-state index contributed by atoms with van der Waals surface area (Å²) in [7, 11) is -3.53. The van der Waals surface area contributed by atoms with E-state index in [1.165, 1.54) is 10.4 Å². The number of hydrogen-bond acceptors (Lipinski definition) is 3. The predicted octanol–water partition coefficient (Wildman–Crippen LogP) is 2.65. The zero-order valence-corrected chi connectivity index (χ0v) is 12.8. The van der Waals surface area contributed by atoms with Crippen molar-refractivity contribution in [3.05, 3.63) is 22.7 Å². The predicted molar refractivity (Wildman–Crippen MR) is 77.8 cm³/mol. The van der Waals surface area contributed by atoms with E-state index >= 15 is 0 Å². The van der Waals surface area contributed by atoms with Crippen molar-refractivity contribution >= 4 is 27.3 Å². The van der Waals surface area contributed by atoms with E-state index in [1.54, 1.807) is 13.0 Å². The topological polar surface area (TPSA) is 63.4 Å². The number of nitrogens with two attached hydrogens (primary N) is 1. The number of aryl methyl sites for hydroxylation is 1. The van der Waals surface area contributed by atoms with Crippen LogP contribution in [0.2, 0.25) is 5.02 Å². The van der Waals surface area contributed by atoms with Crippen molar-refractivity contribution in [2.75, 3.05) is 18.8 Å². The molecule has 0 bridgehead atoms. The summed E-state index contributed by atoms with van der Waals surface area (Å²) in [6.07, 6.45) is 1.91. The van der Waals surface area contributed by atoms with Gasteiger partial charge in [-0.25, -0.2) is 8.42 Å². The average Bonchev–Trinajstić information content (AvgIpc) is 2.83. The van der Waals surface area contributed by atoms with Gasteiger partial charge in [-0.2, -0.15) is 4.31 Å². The fourth-order valence-electron chi connectivity index (χ4n) is 2.35. The molecule has 0 aliphatic carbocycles. The SMILES string of the molecule is CCC1CCN(S(=O)(=O)c2cc(N)c(C)cc2Cl)C1. The van der Waals surface area contributed by atoms with Crippen LogP contribution in [-0.4, -0.2) is 25.8 Å². The molecule has 1 aliphatic heterocycles. The van der Waals surface area contributed by atoms with Crippen molar-refractivity contribution in [3.8, 4) is 0 Å². The van der Waals surface area contributed by atoms with Crippen LogP contribution in [0.15, 0.2) is 17.0 Å². The molecule has 0 amide bonds. The molecule has 1 atom stereocenters. The smallest absolute Gasteiger partial charge is 0.244 e. The quantitative estimate of drug-likeness (QED) is 0.873. The highest BCUT2D eigenvalue weighted by Crippen LogP contribution is 2.32. The van der Waals surface area contributed by atoms with E-state index in [1.807, 2.05) is 0 Å². The first kappa shape index (κ1) is 14.6. The highest BCUT2D eigenvalue weighted by molar-refractivity contribution is 7.89. The number of halogens is 1. The summed E-state index contributed by atoms with van der Waals surface area (Å²) in [5.74, 6) is 0.441. The number of sulfonamides is 1. The van der Waals surface area contributed by atoms with E-state index in [0.29, 0.717) is 24.7 Å². The van der Waals surface area contributed by atoms with E-state index in [0.717, 1.165) is 18.4 Å². The third-order valence-corrected chi connectivity index (χ3v) is 6.09. The van der Waals surface area contributed by atoms with Gasteiger partial charge < -0.3 is 5.73 Å². The maximum Gasteiger partial charge on any atom is 0.244 e. The van der Waals surface area contributed by atoms with Crippen molar-refractivity contribution in [1.29, 1.82) is 0 Å². The lowest BCUT2D eigenvalue weighted by atomic mass is 10.1. The summed E-state index contributed by atoms with van der Waals surface area (Å²) in [5.41, 5.74) is 7.04. The summed E-state index contributed by atoms with van der Waals surface area (Å²) < 4.78 is 26.6.